The van der Waals surface area contributed by atoms with Gasteiger partial charge in [-0.1, -0.05) is 46.5 Å². The molecule has 0 aromatic rings. The molecule has 3 aliphatic carbocycles. The fourth-order valence-electron chi connectivity index (χ4n) is 6.12. The molecule has 1 nitrogen and oxygen atoms in total. The molecule has 0 amide bonds. The molecule has 0 saturated heterocycles. The third-order valence-electron chi connectivity index (χ3n) is 8.02. The summed E-state index contributed by atoms with van der Waals surface area (Å²) in [6.07, 6.45) is 20.8. The second-order valence-corrected chi connectivity index (χ2v) is 9.61. The van der Waals surface area contributed by atoms with Crippen LogP contribution in [-0.4, -0.2) is 23.0 Å². The molecule has 0 radical (unpaired) electrons. The zero-order valence-corrected chi connectivity index (χ0v) is 16.8. The second kappa shape index (κ2) is 9.06. The molecule has 3 fully saturated rings. The van der Waals surface area contributed by atoms with Gasteiger partial charge in [0.25, 0.3) is 0 Å². The number of rotatable bonds is 5. The van der Waals surface area contributed by atoms with E-state index < -0.39 is 0 Å². The molecule has 3 saturated carbocycles. The lowest BCUT2D eigenvalue weighted by atomic mass is 9.75. The normalized spacial score (nSPS) is 37.5. The molecule has 0 bridgehead atoms. The van der Waals surface area contributed by atoms with Gasteiger partial charge in [-0.2, -0.15) is 0 Å². The quantitative estimate of drug-likeness (QED) is 0.534. The van der Waals surface area contributed by atoms with Crippen molar-refractivity contribution in [1.29, 1.82) is 0 Å². The zero-order valence-electron chi connectivity index (χ0n) is 16.8. The van der Waals surface area contributed by atoms with Crippen molar-refractivity contribution in [2.24, 2.45) is 17.8 Å². The van der Waals surface area contributed by atoms with Gasteiger partial charge in [0, 0.05) is 18.1 Å². The first-order chi connectivity index (χ1) is 11.7. The van der Waals surface area contributed by atoms with Crippen LogP contribution in [0.2, 0.25) is 0 Å². The van der Waals surface area contributed by atoms with Crippen LogP contribution in [0.5, 0.6) is 0 Å². The van der Waals surface area contributed by atoms with Gasteiger partial charge in [-0.25, -0.2) is 0 Å². The van der Waals surface area contributed by atoms with Gasteiger partial charge in [-0.05, 0) is 82.0 Å². The Morgan fingerprint density at radius 3 is 1.75 bits per heavy atom. The molecule has 1 heteroatoms. The number of hydrogen-bond acceptors (Lipinski definition) is 1. The van der Waals surface area contributed by atoms with Crippen LogP contribution in [0.15, 0.2) is 0 Å². The minimum absolute atomic E-state index is 0.923. The van der Waals surface area contributed by atoms with E-state index in [1.54, 1.807) is 0 Å². The van der Waals surface area contributed by atoms with Crippen LogP contribution in [0.1, 0.15) is 111 Å². The predicted octanol–water partition coefficient (Wildman–Crippen LogP) is 6.80. The molecular weight excluding hydrogens is 290 g/mol. The fourth-order valence-corrected chi connectivity index (χ4v) is 6.12. The SMILES string of the molecule is CCC(C)C1CCC(N(C2CCCCC2)C2CCC(C)CC2)CC1. The maximum atomic E-state index is 3.12. The van der Waals surface area contributed by atoms with E-state index in [9.17, 15) is 0 Å². The van der Waals surface area contributed by atoms with Crippen molar-refractivity contribution in [3.8, 4) is 0 Å². The molecule has 24 heavy (non-hydrogen) atoms. The minimum Gasteiger partial charge on any atom is -0.294 e. The molecule has 1 unspecified atom stereocenters. The Labute approximate surface area is 152 Å². The lowest BCUT2D eigenvalue weighted by Crippen LogP contribution is -2.52. The summed E-state index contributed by atoms with van der Waals surface area (Å²) in [6, 6.07) is 2.78. The van der Waals surface area contributed by atoms with Gasteiger partial charge < -0.3 is 0 Å². The van der Waals surface area contributed by atoms with Crippen LogP contribution in [0.3, 0.4) is 0 Å². The monoisotopic (exact) mass is 333 g/mol. The van der Waals surface area contributed by atoms with Crippen LogP contribution in [0.4, 0.5) is 0 Å². The molecule has 0 aromatic heterocycles. The summed E-state index contributed by atoms with van der Waals surface area (Å²) in [5.41, 5.74) is 0. The van der Waals surface area contributed by atoms with Crippen molar-refractivity contribution in [2.75, 3.05) is 0 Å². The Hall–Kier alpha value is -0.0400. The average molecular weight is 334 g/mol. The van der Waals surface area contributed by atoms with Crippen molar-refractivity contribution in [2.45, 2.75) is 129 Å². The lowest BCUT2D eigenvalue weighted by Gasteiger charge is -2.49. The van der Waals surface area contributed by atoms with E-state index >= 15 is 0 Å². The summed E-state index contributed by atoms with van der Waals surface area (Å²) in [7, 11) is 0. The van der Waals surface area contributed by atoms with Crippen molar-refractivity contribution in [3.05, 3.63) is 0 Å². The first-order valence-corrected chi connectivity index (χ1v) is 11.5. The van der Waals surface area contributed by atoms with Crippen LogP contribution < -0.4 is 0 Å². The van der Waals surface area contributed by atoms with Crippen molar-refractivity contribution in [1.82, 2.24) is 4.90 Å². The zero-order chi connectivity index (χ0) is 16.9. The van der Waals surface area contributed by atoms with Crippen LogP contribution in [0, 0.1) is 17.8 Å². The molecule has 0 aliphatic heterocycles. The maximum absolute atomic E-state index is 3.12. The minimum atomic E-state index is 0.923. The topological polar surface area (TPSA) is 3.24 Å². The van der Waals surface area contributed by atoms with E-state index in [0.29, 0.717) is 0 Å². The van der Waals surface area contributed by atoms with Gasteiger partial charge in [-0.3, -0.25) is 4.90 Å². The molecule has 3 rings (SSSR count). The van der Waals surface area contributed by atoms with Crippen molar-refractivity contribution >= 4 is 0 Å². The van der Waals surface area contributed by atoms with Gasteiger partial charge in [0.1, 0.15) is 0 Å². The smallest absolute Gasteiger partial charge is 0.0101 e. The summed E-state index contributed by atoms with van der Waals surface area (Å²) in [5.74, 6) is 2.95. The predicted molar refractivity (Wildman–Crippen MR) is 105 cm³/mol. The third kappa shape index (κ3) is 4.57. The molecule has 1 atom stereocenters. The van der Waals surface area contributed by atoms with Gasteiger partial charge >= 0.3 is 0 Å². The Morgan fingerprint density at radius 2 is 1.21 bits per heavy atom. The summed E-state index contributed by atoms with van der Waals surface area (Å²) in [5, 5.41) is 0. The van der Waals surface area contributed by atoms with E-state index in [2.05, 4.69) is 25.7 Å². The Balaban J connectivity index is 1.63. The van der Waals surface area contributed by atoms with E-state index in [1.165, 1.54) is 89.9 Å². The average Bonchev–Trinajstić information content (AvgIpc) is 2.64. The molecule has 0 N–H and O–H groups in total. The summed E-state index contributed by atoms with van der Waals surface area (Å²) in [4.78, 5) is 3.12. The molecular formula is C23H43N. The Bertz CT molecular complexity index is 343. The van der Waals surface area contributed by atoms with Gasteiger partial charge in [0.15, 0.2) is 0 Å². The van der Waals surface area contributed by atoms with E-state index in [0.717, 1.165) is 35.9 Å². The van der Waals surface area contributed by atoms with E-state index in [4.69, 9.17) is 0 Å². The summed E-state index contributed by atoms with van der Waals surface area (Å²) in [6.45, 7) is 7.35. The highest BCUT2D eigenvalue weighted by Crippen LogP contribution is 2.39. The van der Waals surface area contributed by atoms with Crippen molar-refractivity contribution in [3.63, 3.8) is 0 Å². The van der Waals surface area contributed by atoms with Gasteiger partial charge in [-0.15, -0.1) is 0 Å². The molecule has 0 aromatic carbocycles. The molecule has 0 heterocycles. The van der Waals surface area contributed by atoms with Crippen LogP contribution >= 0.6 is 0 Å². The first-order valence-electron chi connectivity index (χ1n) is 11.5. The lowest BCUT2D eigenvalue weighted by molar-refractivity contribution is 0.00673. The van der Waals surface area contributed by atoms with Gasteiger partial charge in [0.05, 0.1) is 0 Å². The highest BCUT2D eigenvalue weighted by atomic mass is 15.2. The van der Waals surface area contributed by atoms with E-state index in [1.807, 2.05) is 0 Å². The second-order valence-electron chi connectivity index (χ2n) is 9.61. The van der Waals surface area contributed by atoms with Crippen LogP contribution in [0.25, 0.3) is 0 Å². The summed E-state index contributed by atoms with van der Waals surface area (Å²) >= 11 is 0. The first kappa shape index (κ1) is 18.7. The highest BCUT2D eigenvalue weighted by molar-refractivity contribution is 4.91. The highest BCUT2D eigenvalue weighted by Gasteiger charge is 2.37. The fraction of sp³-hybridized carbons (Fsp3) is 1.00. The van der Waals surface area contributed by atoms with Crippen LogP contribution in [-0.2, 0) is 0 Å². The number of hydrogen-bond donors (Lipinski definition) is 0. The molecule has 140 valence electrons. The molecule has 3 aliphatic rings. The number of nitrogens with zero attached hydrogens (tertiary/aromatic N) is 1. The van der Waals surface area contributed by atoms with Gasteiger partial charge in [0.2, 0.25) is 0 Å². The standard InChI is InChI=1S/C23H43N/c1-4-19(3)20-12-16-23(17-13-20)24(21-8-6-5-7-9-21)22-14-10-18(2)11-15-22/h18-23H,4-17H2,1-3H3. The molecule has 0 spiro atoms. The largest absolute Gasteiger partial charge is 0.294 e. The maximum Gasteiger partial charge on any atom is 0.0101 e. The van der Waals surface area contributed by atoms with Crippen molar-refractivity contribution < 1.29 is 0 Å². The summed E-state index contributed by atoms with van der Waals surface area (Å²) < 4.78 is 0. The third-order valence-corrected chi connectivity index (χ3v) is 8.02. The Kier molecular flexibility index (Phi) is 7.07. The Morgan fingerprint density at radius 1 is 0.708 bits per heavy atom. The van der Waals surface area contributed by atoms with E-state index in [-0.39, 0.29) is 0 Å².